The number of nitrogens with one attached hydrogen (secondary N) is 1. The molecule has 0 bridgehead atoms. The molecule has 1 aliphatic rings. The van der Waals surface area contributed by atoms with Crippen LogP contribution in [0.25, 0.3) is 0 Å². The van der Waals surface area contributed by atoms with Crippen LogP contribution in [0.5, 0.6) is 0 Å². The van der Waals surface area contributed by atoms with E-state index in [4.69, 9.17) is 5.73 Å². The molecule has 0 aromatic heterocycles. The monoisotopic (exact) mass is 577 g/mol. The minimum Gasteiger partial charge on any atom is -0.390 e. The Morgan fingerprint density at radius 3 is 2.07 bits per heavy atom. The third-order valence-electron chi connectivity index (χ3n) is 9.53. The maximum Gasteiger partial charge on any atom is 0.0789 e. The normalized spacial score (nSPS) is 17.0. The summed E-state index contributed by atoms with van der Waals surface area (Å²) in [5.41, 5.74) is 14.7. The average molecular weight is 578 g/mol. The molecule has 0 radical (unpaired) electrons. The van der Waals surface area contributed by atoms with Crippen LogP contribution >= 0.6 is 0 Å². The zero-order chi connectivity index (χ0) is 30.9. The summed E-state index contributed by atoms with van der Waals surface area (Å²) in [6.07, 6.45) is 9.45. The molecule has 2 unspecified atom stereocenters. The van der Waals surface area contributed by atoms with Crippen LogP contribution in [0.15, 0.2) is 36.4 Å². The number of aliphatic hydroxyl groups excluding tert-OH is 1. The molecule has 0 aliphatic carbocycles. The fourth-order valence-electron chi connectivity index (χ4n) is 6.33. The minimum absolute atomic E-state index is 0.149. The first-order chi connectivity index (χ1) is 19.8. The first kappa shape index (κ1) is 34.8. The predicted molar refractivity (Wildman–Crippen MR) is 182 cm³/mol. The molecule has 0 amide bonds. The van der Waals surface area contributed by atoms with E-state index >= 15 is 0 Å². The van der Waals surface area contributed by atoms with Crippen molar-refractivity contribution >= 4 is 0 Å². The lowest BCUT2D eigenvalue weighted by atomic mass is 9.83. The van der Waals surface area contributed by atoms with Gasteiger partial charge in [-0.25, -0.2) is 0 Å². The maximum atomic E-state index is 9.95. The van der Waals surface area contributed by atoms with Crippen molar-refractivity contribution in [1.29, 1.82) is 0 Å². The van der Waals surface area contributed by atoms with Gasteiger partial charge in [0.1, 0.15) is 0 Å². The van der Waals surface area contributed by atoms with E-state index in [0.717, 1.165) is 19.6 Å². The van der Waals surface area contributed by atoms with Gasteiger partial charge in [-0.05, 0) is 116 Å². The number of likely N-dealkylation sites (tertiary alicyclic amines) is 1. The summed E-state index contributed by atoms with van der Waals surface area (Å²) in [6, 6.07) is 14.6. The Kier molecular flexibility index (Phi) is 13.1. The first-order valence-corrected chi connectivity index (χ1v) is 16.8. The summed E-state index contributed by atoms with van der Waals surface area (Å²) in [4.78, 5) is 2.38. The lowest BCUT2D eigenvalue weighted by Gasteiger charge is -2.34. The van der Waals surface area contributed by atoms with Crippen LogP contribution in [0, 0.1) is 19.8 Å². The molecule has 2 aromatic rings. The van der Waals surface area contributed by atoms with Gasteiger partial charge in [0.05, 0.1) is 6.10 Å². The Balaban J connectivity index is 1.57. The van der Waals surface area contributed by atoms with Crippen LogP contribution in [0.2, 0.25) is 0 Å². The highest BCUT2D eigenvalue weighted by Crippen LogP contribution is 2.31. The predicted octanol–water partition coefficient (Wildman–Crippen LogP) is 7.75. The average Bonchev–Trinajstić information content (AvgIpc) is 2.93. The number of nitrogens with two attached hydrogens (primary N) is 1. The van der Waals surface area contributed by atoms with E-state index < -0.39 is 6.10 Å². The molecule has 1 fully saturated rings. The largest absolute Gasteiger partial charge is 0.390 e. The topological polar surface area (TPSA) is 61.5 Å². The van der Waals surface area contributed by atoms with Crippen LogP contribution in [-0.2, 0) is 17.3 Å². The van der Waals surface area contributed by atoms with Gasteiger partial charge in [-0.3, -0.25) is 0 Å². The van der Waals surface area contributed by atoms with Crippen molar-refractivity contribution < 1.29 is 5.11 Å². The quantitative estimate of drug-likeness (QED) is 0.201. The van der Waals surface area contributed by atoms with Crippen LogP contribution in [0.4, 0.5) is 0 Å². The van der Waals surface area contributed by atoms with Gasteiger partial charge in [0.25, 0.3) is 0 Å². The smallest absolute Gasteiger partial charge is 0.0789 e. The fourth-order valence-corrected chi connectivity index (χ4v) is 6.33. The molecule has 4 heteroatoms. The Morgan fingerprint density at radius 1 is 0.857 bits per heavy atom. The summed E-state index contributed by atoms with van der Waals surface area (Å²) in [6.45, 7) is 22.7. The first-order valence-electron chi connectivity index (χ1n) is 16.8. The van der Waals surface area contributed by atoms with Gasteiger partial charge in [-0.1, -0.05) is 97.2 Å². The number of aryl methyl sites for hydroxylation is 3. The summed E-state index contributed by atoms with van der Waals surface area (Å²) in [7, 11) is 0. The molecule has 236 valence electrons. The van der Waals surface area contributed by atoms with Crippen molar-refractivity contribution in [3.8, 4) is 0 Å². The molecular formula is C38H63N3O. The minimum atomic E-state index is -0.403. The standard InChI is InChI=1S/C38H63N3O/c1-28-15-17-32(37(3,4)5)23-31(28)13-11-9-10-12-14-36(35-24-33(38(6,7)8)18-16-29(35)2)40-26-30-19-21-41(22-20-30)27-34(42)25-39/h15-18,23-24,30,34,36,40,42H,9-14,19-22,25-27,39H2,1-8H3. The number of nitrogens with zero attached hydrogens (tertiary/aromatic N) is 1. The molecule has 1 heterocycles. The van der Waals surface area contributed by atoms with Crippen molar-refractivity contribution in [2.24, 2.45) is 11.7 Å². The number of unbranched alkanes of at least 4 members (excludes halogenated alkanes) is 3. The lowest BCUT2D eigenvalue weighted by Crippen LogP contribution is -2.43. The van der Waals surface area contributed by atoms with Gasteiger partial charge in [-0.2, -0.15) is 0 Å². The van der Waals surface area contributed by atoms with E-state index in [1.807, 2.05) is 0 Å². The second-order valence-electron chi connectivity index (χ2n) is 15.3. The third-order valence-corrected chi connectivity index (χ3v) is 9.53. The number of benzene rings is 2. The second-order valence-corrected chi connectivity index (χ2v) is 15.3. The van der Waals surface area contributed by atoms with Gasteiger partial charge in [0, 0.05) is 19.1 Å². The molecule has 42 heavy (non-hydrogen) atoms. The van der Waals surface area contributed by atoms with Gasteiger partial charge < -0.3 is 21.1 Å². The van der Waals surface area contributed by atoms with Crippen LogP contribution in [0.1, 0.15) is 126 Å². The van der Waals surface area contributed by atoms with E-state index in [2.05, 4.69) is 102 Å². The zero-order valence-electron chi connectivity index (χ0n) is 28.4. The molecule has 1 aliphatic heterocycles. The van der Waals surface area contributed by atoms with Crippen LogP contribution in [0.3, 0.4) is 0 Å². The highest BCUT2D eigenvalue weighted by atomic mass is 16.3. The third kappa shape index (κ3) is 10.8. The number of piperidine rings is 1. The molecule has 4 nitrogen and oxygen atoms in total. The van der Waals surface area contributed by atoms with E-state index in [-0.39, 0.29) is 10.8 Å². The van der Waals surface area contributed by atoms with Crippen molar-refractivity contribution in [1.82, 2.24) is 10.2 Å². The van der Waals surface area contributed by atoms with Crippen molar-refractivity contribution in [3.05, 3.63) is 69.8 Å². The Bertz CT molecular complexity index is 1090. The van der Waals surface area contributed by atoms with Crippen molar-refractivity contribution in [3.63, 3.8) is 0 Å². The molecule has 3 rings (SSSR count). The molecule has 2 aromatic carbocycles. The zero-order valence-corrected chi connectivity index (χ0v) is 28.4. The maximum absolute atomic E-state index is 9.95. The van der Waals surface area contributed by atoms with E-state index in [9.17, 15) is 5.11 Å². The second kappa shape index (κ2) is 15.8. The summed E-state index contributed by atoms with van der Waals surface area (Å²) in [5.74, 6) is 0.692. The van der Waals surface area contributed by atoms with Crippen LogP contribution in [-0.4, -0.2) is 48.8 Å². The van der Waals surface area contributed by atoms with E-state index in [1.54, 1.807) is 0 Å². The van der Waals surface area contributed by atoms with Gasteiger partial charge in [0.2, 0.25) is 0 Å². The summed E-state index contributed by atoms with van der Waals surface area (Å²) < 4.78 is 0. The summed E-state index contributed by atoms with van der Waals surface area (Å²) >= 11 is 0. The Morgan fingerprint density at radius 2 is 1.45 bits per heavy atom. The lowest BCUT2D eigenvalue weighted by molar-refractivity contribution is 0.0933. The van der Waals surface area contributed by atoms with Crippen molar-refractivity contribution in [2.45, 2.75) is 130 Å². The number of β-amino-alcohol motifs (C(OH)–C–C–N with tert-alkyl or cyclic N) is 1. The van der Waals surface area contributed by atoms with E-state index in [1.165, 1.54) is 84.7 Å². The van der Waals surface area contributed by atoms with Crippen molar-refractivity contribution in [2.75, 3.05) is 32.7 Å². The molecule has 0 spiro atoms. The number of hydrogen-bond donors (Lipinski definition) is 3. The molecular weight excluding hydrogens is 514 g/mol. The number of rotatable bonds is 14. The van der Waals surface area contributed by atoms with Gasteiger partial charge in [0.15, 0.2) is 0 Å². The van der Waals surface area contributed by atoms with Crippen LogP contribution < -0.4 is 11.1 Å². The molecule has 0 saturated carbocycles. The van der Waals surface area contributed by atoms with Gasteiger partial charge in [-0.15, -0.1) is 0 Å². The Labute approximate surface area is 258 Å². The van der Waals surface area contributed by atoms with E-state index in [0.29, 0.717) is 25.0 Å². The fraction of sp³-hybridized carbons (Fsp3) is 0.684. The Hall–Kier alpha value is -1.72. The highest BCUT2D eigenvalue weighted by Gasteiger charge is 2.23. The molecule has 1 saturated heterocycles. The SMILES string of the molecule is Cc1ccc(C(C)(C)C)cc1CCCCCCC(NCC1CCN(CC(O)CN)CC1)c1cc(C(C)(C)C)ccc1C. The molecule has 2 atom stereocenters. The highest BCUT2D eigenvalue weighted by molar-refractivity contribution is 5.37. The number of aliphatic hydroxyl groups is 1. The molecule has 4 N–H and O–H groups in total. The van der Waals surface area contributed by atoms with Gasteiger partial charge >= 0.3 is 0 Å². The number of hydrogen-bond acceptors (Lipinski definition) is 4. The summed E-state index contributed by atoms with van der Waals surface area (Å²) in [5, 5.41) is 14.0.